The van der Waals surface area contributed by atoms with Crippen molar-refractivity contribution in [2.24, 2.45) is 26.8 Å². The van der Waals surface area contributed by atoms with Gasteiger partial charge in [-0.15, -0.1) is 0 Å². The lowest BCUT2D eigenvalue weighted by Gasteiger charge is -2.34. The molecule has 3 atom stereocenters. The van der Waals surface area contributed by atoms with Crippen molar-refractivity contribution >= 4 is 17.3 Å². The quantitative estimate of drug-likeness (QED) is 0.484. The second-order valence-electron chi connectivity index (χ2n) is 9.71. The predicted octanol–water partition coefficient (Wildman–Crippen LogP) is 6.22. The third kappa shape index (κ3) is 4.75. The summed E-state index contributed by atoms with van der Waals surface area (Å²) >= 11 is 0. The zero-order valence-electron chi connectivity index (χ0n) is 20.2. The molecule has 1 aromatic carbocycles. The Balaban J connectivity index is 1.55. The summed E-state index contributed by atoms with van der Waals surface area (Å²) in [5.74, 6) is 1.07. The number of fused-ring (bicyclic) bond motifs is 1. The Labute approximate surface area is 201 Å². The minimum atomic E-state index is -0.0561. The van der Waals surface area contributed by atoms with Crippen molar-refractivity contribution in [2.45, 2.75) is 52.2 Å². The molecule has 34 heavy (non-hydrogen) atoms. The first-order valence-electron chi connectivity index (χ1n) is 12.3. The molecular weight excluding hydrogens is 425 g/mol. The number of nitrogens with zero attached hydrogens (tertiary/aromatic N) is 3. The summed E-state index contributed by atoms with van der Waals surface area (Å²) in [5.41, 5.74) is 6.73. The summed E-state index contributed by atoms with van der Waals surface area (Å²) in [7, 11) is 0. The van der Waals surface area contributed by atoms with Gasteiger partial charge in [0.25, 0.3) is 0 Å². The minimum absolute atomic E-state index is 0.0110. The second-order valence-corrected chi connectivity index (χ2v) is 9.71. The van der Waals surface area contributed by atoms with Gasteiger partial charge in [0.05, 0.1) is 19.1 Å². The molecule has 0 spiro atoms. The van der Waals surface area contributed by atoms with Crippen molar-refractivity contribution in [3.63, 3.8) is 0 Å². The van der Waals surface area contributed by atoms with E-state index in [-0.39, 0.29) is 23.9 Å². The highest BCUT2D eigenvalue weighted by Gasteiger charge is 2.34. The van der Waals surface area contributed by atoms with Crippen LogP contribution in [0.3, 0.4) is 0 Å². The molecule has 2 aliphatic heterocycles. The van der Waals surface area contributed by atoms with Crippen LogP contribution in [0.25, 0.3) is 0 Å². The maximum atomic E-state index is 14.1. The van der Waals surface area contributed by atoms with Gasteiger partial charge in [-0.2, -0.15) is 0 Å². The van der Waals surface area contributed by atoms with Crippen molar-refractivity contribution < 1.29 is 9.13 Å². The molecule has 0 radical (unpaired) electrons. The Hall–Kier alpha value is -3.08. The average molecular weight is 458 g/mol. The van der Waals surface area contributed by atoms with Crippen LogP contribution in [0.1, 0.15) is 45.6 Å². The van der Waals surface area contributed by atoms with Gasteiger partial charge in [0.1, 0.15) is 11.9 Å². The largest absolute Gasteiger partial charge is 0.474 e. The maximum Gasteiger partial charge on any atom is 0.180 e. The van der Waals surface area contributed by atoms with E-state index in [1.54, 1.807) is 6.08 Å². The van der Waals surface area contributed by atoms with Crippen LogP contribution in [0.5, 0.6) is 0 Å². The number of allylic oxidation sites excluding steroid dienone is 6. The molecule has 2 aliphatic carbocycles. The van der Waals surface area contributed by atoms with Crippen LogP contribution < -0.4 is 0 Å². The maximum absolute atomic E-state index is 14.1. The molecule has 0 aromatic heterocycles. The molecule has 0 amide bonds. The third-order valence-corrected chi connectivity index (χ3v) is 6.88. The van der Waals surface area contributed by atoms with E-state index < -0.39 is 0 Å². The van der Waals surface area contributed by atoms with Crippen LogP contribution in [0.15, 0.2) is 92.2 Å². The number of hydrogen-bond acceptors (Lipinski definition) is 4. The monoisotopic (exact) mass is 457 g/mol. The number of aliphatic imine (C=N–C) groups is 3. The van der Waals surface area contributed by atoms with E-state index in [1.807, 2.05) is 13.0 Å². The standard InChI is InChI=1S/C29H32FN3O/c1-18(2)25-13-22(21-10-7-11-23(30)12-21)14-26-28(32-17-24-16-31-19(3)34-24)15-27(33-29(25)26)20-8-5-4-6-9-20/h4-6,8-10,12-14,18,22,24,29H,7,11,15-17H2,1-3H3. The first-order valence-corrected chi connectivity index (χ1v) is 12.3. The molecule has 176 valence electrons. The van der Waals surface area contributed by atoms with Crippen LogP contribution in [-0.4, -0.2) is 42.6 Å². The van der Waals surface area contributed by atoms with Gasteiger partial charge in [0.2, 0.25) is 0 Å². The minimum Gasteiger partial charge on any atom is -0.474 e. The van der Waals surface area contributed by atoms with Crippen LogP contribution in [-0.2, 0) is 4.74 Å². The van der Waals surface area contributed by atoms with Gasteiger partial charge in [-0.1, -0.05) is 62.4 Å². The van der Waals surface area contributed by atoms with Crippen molar-refractivity contribution in [2.75, 3.05) is 13.1 Å². The Morgan fingerprint density at radius 1 is 1.18 bits per heavy atom. The van der Waals surface area contributed by atoms with Crippen LogP contribution in [0, 0.1) is 11.8 Å². The molecule has 4 aliphatic rings. The number of ether oxygens (including phenoxy) is 1. The molecule has 3 unspecified atom stereocenters. The lowest BCUT2D eigenvalue weighted by atomic mass is 9.75. The topological polar surface area (TPSA) is 46.3 Å². The van der Waals surface area contributed by atoms with E-state index in [4.69, 9.17) is 14.7 Å². The van der Waals surface area contributed by atoms with E-state index in [1.165, 1.54) is 5.57 Å². The summed E-state index contributed by atoms with van der Waals surface area (Å²) in [6.45, 7) is 7.55. The van der Waals surface area contributed by atoms with Gasteiger partial charge in [0.15, 0.2) is 5.90 Å². The fraction of sp³-hybridized carbons (Fsp3) is 0.414. The highest BCUT2D eigenvalue weighted by Crippen LogP contribution is 2.39. The highest BCUT2D eigenvalue weighted by atomic mass is 19.1. The summed E-state index contributed by atoms with van der Waals surface area (Å²) in [5, 5.41) is 0. The Bertz CT molecular complexity index is 1170. The Morgan fingerprint density at radius 3 is 2.71 bits per heavy atom. The summed E-state index contributed by atoms with van der Waals surface area (Å²) in [6.07, 6.45) is 10.4. The molecule has 0 saturated carbocycles. The third-order valence-electron chi connectivity index (χ3n) is 6.88. The Morgan fingerprint density at radius 2 is 2.00 bits per heavy atom. The average Bonchev–Trinajstić information content (AvgIpc) is 3.27. The predicted molar refractivity (Wildman–Crippen MR) is 138 cm³/mol. The zero-order chi connectivity index (χ0) is 23.7. The molecule has 4 nitrogen and oxygen atoms in total. The SMILES string of the molecule is CC1=NCC(CN=C2CC(c3ccccc3)=NC3C2=CC(C2=CCCC(F)=C2)C=C3C(C)C)O1. The lowest BCUT2D eigenvalue weighted by Crippen LogP contribution is -2.33. The van der Waals surface area contributed by atoms with Crippen LogP contribution in [0.4, 0.5) is 4.39 Å². The molecule has 0 N–H and O–H groups in total. The fourth-order valence-corrected chi connectivity index (χ4v) is 5.10. The van der Waals surface area contributed by atoms with Crippen LogP contribution >= 0.6 is 0 Å². The Kier molecular flexibility index (Phi) is 6.44. The summed E-state index contributed by atoms with van der Waals surface area (Å²) < 4.78 is 19.9. The van der Waals surface area contributed by atoms with E-state index in [9.17, 15) is 4.39 Å². The number of halogens is 1. The smallest absolute Gasteiger partial charge is 0.180 e. The van der Waals surface area contributed by atoms with E-state index in [0.29, 0.717) is 31.8 Å². The molecule has 1 aromatic rings. The van der Waals surface area contributed by atoms with Crippen molar-refractivity contribution in [3.05, 3.63) is 82.7 Å². The van der Waals surface area contributed by atoms with E-state index in [0.717, 1.165) is 40.5 Å². The molecule has 5 rings (SSSR count). The molecule has 0 bridgehead atoms. The number of benzene rings is 1. The van der Waals surface area contributed by atoms with Crippen molar-refractivity contribution in [1.82, 2.24) is 0 Å². The second kappa shape index (κ2) is 9.65. The molecule has 0 saturated heterocycles. The highest BCUT2D eigenvalue weighted by molar-refractivity contribution is 6.20. The van der Waals surface area contributed by atoms with Crippen molar-refractivity contribution in [1.29, 1.82) is 0 Å². The number of hydrogen-bond donors (Lipinski definition) is 0. The van der Waals surface area contributed by atoms with Gasteiger partial charge >= 0.3 is 0 Å². The fourth-order valence-electron chi connectivity index (χ4n) is 5.10. The summed E-state index contributed by atoms with van der Waals surface area (Å²) in [6, 6.07) is 10.3. The van der Waals surface area contributed by atoms with Gasteiger partial charge in [-0.05, 0) is 40.7 Å². The first-order chi connectivity index (χ1) is 16.5. The number of rotatable bonds is 5. The zero-order valence-corrected chi connectivity index (χ0v) is 20.2. The van der Waals surface area contributed by atoms with Gasteiger partial charge < -0.3 is 4.74 Å². The van der Waals surface area contributed by atoms with E-state index in [2.05, 4.69) is 61.3 Å². The van der Waals surface area contributed by atoms with Gasteiger partial charge in [0, 0.05) is 37.1 Å². The van der Waals surface area contributed by atoms with Gasteiger partial charge in [-0.25, -0.2) is 4.39 Å². The molecule has 5 heteroatoms. The summed E-state index contributed by atoms with van der Waals surface area (Å²) in [4.78, 5) is 14.7. The lowest BCUT2D eigenvalue weighted by molar-refractivity contribution is 0.231. The van der Waals surface area contributed by atoms with E-state index >= 15 is 0 Å². The first kappa shape index (κ1) is 22.7. The molecule has 0 fully saturated rings. The van der Waals surface area contributed by atoms with Gasteiger partial charge in [-0.3, -0.25) is 15.0 Å². The van der Waals surface area contributed by atoms with Crippen LogP contribution in [0.2, 0.25) is 0 Å². The van der Waals surface area contributed by atoms with Crippen molar-refractivity contribution in [3.8, 4) is 0 Å². The normalized spacial score (nSPS) is 27.8. The molecular formula is C29H32FN3O. The molecule has 2 heterocycles.